The molecule has 6 nitrogen and oxygen atoms in total. The van der Waals surface area contributed by atoms with Gasteiger partial charge in [-0.1, -0.05) is 0 Å². The summed E-state index contributed by atoms with van der Waals surface area (Å²) in [5, 5.41) is 25.4. The van der Waals surface area contributed by atoms with E-state index in [1.54, 1.807) is 21.8 Å². The van der Waals surface area contributed by atoms with Gasteiger partial charge in [0.05, 0.1) is 50.5 Å². The summed E-state index contributed by atoms with van der Waals surface area (Å²) in [5.41, 5.74) is 1.94. The highest BCUT2D eigenvalue weighted by Crippen LogP contribution is 2.17. The summed E-state index contributed by atoms with van der Waals surface area (Å²) in [6, 6.07) is 4.17. The molecule has 0 fully saturated rings. The molecule has 0 radical (unpaired) electrons. The Hall–Kier alpha value is -2.60. The molecule has 0 aliphatic carbocycles. The maximum absolute atomic E-state index is 8.51. The van der Waals surface area contributed by atoms with Crippen molar-refractivity contribution in [1.82, 2.24) is 19.6 Å². The molecule has 0 saturated heterocycles. The molecular weight excluding hydrogens is 228 g/mol. The van der Waals surface area contributed by atoms with Crippen LogP contribution in [0.2, 0.25) is 0 Å². The quantitative estimate of drug-likeness (QED) is 0.794. The summed E-state index contributed by atoms with van der Waals surface area (Å²) in [4.78, 5) is 0. The fourth-order valence-electron chi connectivity index (χ4n) is 1.60. The van der Waals surface area contributed by atoms with Gasteiger partial charge in [0.1, 0.15) is 0 Å². The van der Waals surface area contributed by atoms with Gasteiger partial charge in [-0.2, -0.15) is 20.7 Å². The van der Waals surface area contributed by atoms with E-state index in [-0.39, 0.29) is 0 Å². The van der Waals surface area contributed by atoms with Gasteiger partial charge in [-0.25, -0.2) is 0 Å². The molecule has 0 atom stereocenters. The van der Waals surface area contributed by atoms with Crippen LogP contribution in [0.3, 0.4) is 0 Å². The lowest BCUT2D eigenvalue weighted by Gasteiger charge is -1.94. The van der Waals surface area contributed by atoms with Crippen molar-refractivity contribution >= 4 is 0 Å². The van der Waals surface area contributed by atoms with Gasteiger partial charge in [0.2, 0.25) is 0 Å². The van der Waals surface area contributed by atoms with Crippen LogP contribution >= 0.6 is 0 Å². The lowest BCUT2D eigenvalue weighted by atomic mass is 10.2. The molecule has 0 N–H and O–H groups in total. The number of hydrogen-bond donors (Lipinski definition) is 0. The smallest absolute Gasteiger partial charge is 0.0641 e. The van der Waals surface area contributed by atoms with Crippen LogP contribution in [0.15, 0.2) is 24.8 Å². The molecule has 2 rings (SSSR count). The molecule has 0 unspecified atom stereocenters. The monoisotopic (exact) mass is 240 g/mol. The number of nitriles is 2. The number of nitrogens with zero attached hydrogens (tertiary/aromatic N) is 6. The number of hydrogen-bond acceptors (Lipinski definition) is 4. The Kier molecular flexibility index (Phi) is 3.72. The van der Waals surface area contributed by atoms with Crippen LogP contribution in [0.5, 0.6) is 0 Å². The summed E-state index contributed by atoms with van der Waals surface area (Å²) in [6.07, 6.45) is 8.18. The Balaban J connectivity index is 2.07. The molecule has 90 valence electrons. The van der Waals surface area contributed by atoms with Gasteiger partial charge in [0.15, 0.2) is 0 Å². The molecule has 0 bridgehead atoms. The van der Waals surface area contributed by atoms with Crippen molar-refractivity contribution in [2.45, 2.75) is 25.9 Å². The van der Waals surface area contributed by atoms with Gasteiger partial charge in [-0.3, -0.25) is 9.36 Å². The molecule has 18 heavy (non-hydrogen) atoms. The summed E-state index contributed by atoms with van der Waals surface area (Å²) in [7, 11) is 0. The van der Waals surface area contributed by atoms with E-state index in [9.17, 15) is 0 Å². The molecule has 0 saturated carbocycles. The highest BCUT2D eigenvalue weighted by molar-refractivity contribution is 5.59. The predicted octanol–water partition coefficient (Wildman–Crippen LogP) is 1.57. The van der Waals surface area contributed by atoms with E-state index in [1.807, 2.05) is 12.4 Å². The molecule has 2 aromatic heterocycles. The van der Waals surface area contributed by atoms with Crippen molar-refractivity contribution in [3.63, 3.8) is 0 Å². The van der Waals surface area contributed by atoms with Gasteiger partial charge < -0.3 is 0 Å². The van der Waals surface area contributed by atoms with Crippen molar-refractivity contribution in [3.8, 4) is 23.3 Å². The van der Waals surface area contributed by atoms with Crippen LogP contribution in [0.1, 0.15) is 12.8 Å². The number of rotatable bonds is 5. The Morgan fingerprint density at radius 2 is 1.33 bits per heavy atom. The highest BCUT2D eigenvalue weighted by Gasteiger charge is 2.04. The maximum Gasteiger partial charge on any atom is 0.0641 e. The third kappa shape index (κ3) is 2.74. The van der Waals surface area contributed by atoms with Crippen molar-refractivity contribution < 1.29 is 0 Å². The summed E-state index contributed by atoms with van der Waals surface area (Å²) >= 11 is 0. The van der Waals surface area contributed by atoms with Crippen molar-refractivity contribution in [1.29, 1.82) is 10.5 Å². The second-order valence-corrected chi connectivity index (χ2v) is 3.80. The zero-order valence-corrected chi connectivity index (χ0v) is 9.82. The van der Waals surface area contributed by atoms with E-state index in [0.717, 1.165) is 11.1 Å². The van der Waals surface area contributed by atoms with E-state index in [2.05, 4.69) is 22.3 Å². The van der Waals surface area contributed by atoms with E-state index in [0.29, 0.717) is 25.9 Å². The standard InChI is InChI=1S/C12H12N6/c13-3-1-5-17-9-11(7-15-17)12-8-16-18(10-12)6-2-4-14/h7-10H,1-2,5-6H2. The van der Waals surface area contributed by atoms with Crippen LogP contribution in [0.25, 0.3) is 11.1 Å². The Bertz CT molecular complexity index is 540. The lowest BCUT2D eigenvalue weighted by Crippen LogP contribution is -1.96. The topological polar surface area (TPSA) is 83.2 Å². The lowest BCUT2D eigenvalue weighted by molar-refractivity contribution is 0.627. The maximum atomic E-state index is 8.51. The molecule has 0 aliphatic rings. The summed E-state index contributed by atoms with van der Waals surface area (Å²) in [6.45, 7) is 1.19. The average molecular weight is 240 g/mol. The largest absolute Gasteiger partial charge is 0.271 e. The van der Waals surface area contributed by atoms with E-state index in [1.165, 1.54) is 0 Å². The molecule has 0 aromatic carbocycles. The predicted molar refractivity (Wildman–Crippen MR) is 63.9 cm³/mol. The van der Waals surface area contributed by atoms with Crippen LogP contribution in [-0.4, -0.2) is 19.6 Å². The van der Waals surface area contributed by atoms with Crippen molar-refractivity contribution in [2.24, 2.45) is 0 Å². The average Bonchev–Trinajstić information content (AvgIpc) is 3.02. The molecule has 2 aromatic rings. The SMILES string of the molecule is N#CCCn1cc(-c2cnn(CCC#N)c2)cn1. The molecule has 0 amide bonds. The third-order valence-electron chi connectivity index (χ3n) is 2.51. The minimum absolute atomic E-state index is 0.447. The Morgan fingerprint density at radius 1 is 0.889 bits per heavy atom. The fourth-order valence-corrected chi connectivity index (χ4v) is 1.60. The third-order valence-corrected chi connectivity index (χ3v) is 2.51. The Labute approximate surface area is 105 Å². The first kappa shape index (κ1) is 11.9. The first-order valence-electron chi connectivity index (χ1n) is 5.62. The second kappa shape index (κ2) is 5.65. The first-order chi connectivity index (χ1) is 8.83. The fraction of sp³-hybridized carbons (Fsp3) is 0.333. The van der Waals surface area contributed by atoms with Crippen LogP contribution in [0.4, 0.5) is 0 Å². The normalized spacial score (nSPS) is 9.89. The van der Waals surface area contributed by atoms with Crippen molar-refractivity contribution in [2.75, 3.05) is 0 Å². The second-order valence-electron chi connectivity index (χ2n) is 3.80. The van der Waals surface area contributed by atoms with Gasteiger partial charge >= 0.3 is 0 Å². The number of aryl methyl sites for hydroxylation is 2. The minimum atomic E-state index is 0.447. The zero-order valence-electron chi connectivity index (χ0n) is 9.82. The van der Waals surface area contributed by atoms with Gasteiger partial charge in [-0.15, -0.1) is 0 Å². The van der Waals surface area contributed by atoms with Crippen molar-refractivity contribution in [3.05, 3.63) is 24.8 Å². The minimum Gasteiger partial charge on any atom is -0.271 e. The molecular formula is C12H12N6. The first-order valence-corrected chi connectivity index (χ1v) is 5.62. The zero-order chi connectivity index (χ0) is 12.8. The van der Waals surface area contributed by atoms with E-state index >= 15 is 0 Å². The Morgan fingerprint density at radius 3 is 1.72 bits per heavy atom. The van der Waals surface area contributed by atoms with Gasteiger partial charge in [-0.05, 0) is 0 Å². The highest BCUT2D eigenvalue weighted by atomic mass is 15.3. The van der Waals surface area contributed by atoms with E-state index < -0.39 is 0 Å². The number of aromatic nitrogens is 4. The van der Waals surface area contributed by atoms with Crippen LogP contribution < -0.4 is 0 Å². The van der Waals surface area contributed by atoms with E-state index in [4.69, 9.17) is 10.5 Å². The van der Waals surface area contributed by atoms with Gasteiger partial charge in [0.25, 0.3) is 0 Å². The summed E-state index contributed by atoms with van der Waals surface area (Å²) in [5.74, 6) is 0. The molecule has 0 spiro atoms. The molecule has 0 aliphatic heterocycles. The van der Waals surface area contributed by atoms with Crippen LogP contribution in [0, 0.1) is 22.7 Å². The summed E-state index contributed by atoms with van der Waals surface area (Å²) < 4.78 is 3.48. The molecule has 2 heterocycles. The van der Waals surface area contributed by atoms with Crippen LogP contribution in [-0.2, 0) is 13.1 Å². The van der Waals surface area contributed by atoms with Gasteiger partial charge in [0, 0.05) is 23.5 Å². The molecule has 6 heteroatoms.